The summed E-state index contributed by atoms with van der Waals surface area (Å²) in [6, 6.07) is 6.66. The van der Waals surface area contributed by atoms with Gasteiger partial charge < -0.3 is 9.84 Å². The molecule has 1 aromatic rings. The van der Waals surface area contributed by atoms with E-state index in [9.17, 15) is 9.90 Å². The second-order valence-corrected chi connectivity index (χ2v) is 4.54. The second kappa shape index (κ2) is 7.75. The van der Waals surface area contributed by atoms with Gasteiger partial charge in [0.2, 0.25) is 0 Å². The zero-order valence-electron chi connectivity index (χ0n) is 11.2. The minimum Gasteiger partial charge on any atom is -0.508 e. The molecule has 1 unspecified atom stereocenters. The van der Waals surface area contributed by atoms with Crippen LogP contribution < -0.4 is 0 Å². The van der Waals surface area contributed by atoms with E-state index in [0.717, 1.165) is 18.4 Å². The van der Waals surface area contributed by atoms with Gasteiger partial charge in [0.25, 0.3) is 0 Å². The van der Waals surface area contributed by atoms with Gasteiger partial charge in [-0.2, -0.15) is 0 Å². The van der Waals surface area contributed by atoms with Gasteiger partial charge in [0.1, 0.15) is 5.75 Å². The van der Waals surface area contributed by atoms with E-state index in [1.807, 2.05) is 6.92 Å². The third kappa shape index (κ3) is 4.78. The summed E-state index contributed by atoms with van der Waals surface area (Å²) in [5.41, 5.74) is 0.867. The van der Waals surface area contributed by atoms with E-state index in [4.69, 9.17) is 4.74 Å². The van der Waals surface area contributed by atoms with Crippen molar-refractivity contribution in [2.75, 3.05) is 6.61 Å². The molecule has 1 atom stereocenters. The molecule has 18 heavy (non-hydrogen) atoms. The fourth-order valence-electron chi connectivity index (χ4n) is 1.73. The molecule has 0 radical (unpaired) electrons. The summed E-state index contributed by atoms with van der Waals surface area (Å²) in [5.74, 6) is -0.271. The topological polar surface area (TPSA) is 46.5 Å². The molecule has 3 nitrogen and oxygen atoms in total. The largest absolute Gasteiger partial charge is 0.508 e. The highest BCUT2D eigenvalue weighted by Crippen LogP contribution is 2.19. The number of carbonyl (C=O) groups excluding carboxylic acids is 1. The van der Waals surface area contributed by atoms with Gasteiger partial charge >= 0.3 is 5.97 Å². The van der Waals surface area contributed by atoms with Crippen LogP contribution in [0.5, 0.6) is 5.75 Å². The highest BCUT2D eigenvalue weighted by Gasteiger charge is 2.16. The van der Waals surface area contributed by atoms with E-state index >= 15 is 0 Å². The van der Waals surface area contributed by atoms with Crippen LogP contribution >= 0.6 is 0 Å². The molecule has 1 rings (SSSR count). The molecular formula is C15H22O3. The molecule has 0 aromatic heterocycles. The summed E-state index contributed by atoms with van der Waals surface area (Å²) in [6.45, 7) is 4.47. The van der Waals surface area contributed by atoms with Crippen LogP contribution in [0.2, 0.25) is 0 Å². The van der Waals surface area contributed by atoms with E-state index in [1.54, 1.807) is 24.3 Å². The molecule has 0 aliphatic carbocycles. The maximum absolute atomic E-state index is 11.8. The quantitative estimate of drug-likeness (QED) is 0.594. The molecule has 0 saturated carbocycles. The number of benzene rings is 1. The van der Waals surface area contributed by atoms with E-state index < -0.39 is 0 Å². The first-order valence-corrected chi connectivity index (χ1v) is 6.60. The van der Waals surface area contributed by atoms with Crippen molar-refractivity contribution in [1.82, 2.24) is 0 Å². The fraction of sp³-hybridized carbons (Fsp3) is 0.533. The lowest BCUT2D eigenvalue weighted by Gasteiger charge is -2.11. The minimum absolute atomic E-state index is 0.197. The number of aromatic hydroxyl groups is 1. The maximum atomic E-state index is 11.8. The second-order valence-electron chi connectivity index (χ2n) is 4.54. The number of esters is 1. The van der Waals surface area contributed by atoms with Crippen molar-refractivity contribution in [3.05, 3.63) is 29.8 Å². The molecule has 0 heterocycles. The Morgan fingerprint density at radius 3 is 2.50 bits per heavy atom. The monoisotopic (exact) mass is 250 g/mol. The van der Waals surface area contributed by atoms with E-state index in [-0.39, 0.29) is 17.6 Å². The Balaban J connectivity index is 2.34. The number of rotatable bonds is 7. The van der Waals surface area contributed by atoms with Crippen LogP contribution in [0.15, 0.2) is 24.3 Å². The summed E-state index contributed by atoms with van der Waals surface area (Å²) >= 11 is 0. The summed E-state index contributed by atoms with van der Waals surface area (Å²) in [4.78, 5) is 11.8. The van der Waals surface area contributed by atoms with E-state index in [0.29, 0.717) is 6.61 Å². The van der Waals surface area contributed by atoms with E-state index in [1.165, 1.54) is 12.8 Å². The van der Waals surface area contributed by atoms with Crippen molar-refractivity contribution in [3.63, 3.8) is 0 Å². The average molecular weight is 250 g/mol. The third-order valence-electron chi connectivity index (χ3n) is 2.99. The SMILES string of the molecule is CCCCCCOC(=O)C(C)c1ccc(O)cc1. The predicted octanol–water partition coefficient (Wildman–Crippen LogP) is 3.62. The Morgan fingerprint density at radius 2 is 1.89 bits per heavy atom. The fourth-order valence-corrected chi connectivity index (χ4v) is 1.73. The van der Waals surface area contributed by atoms with Crippen LogP contribution in [-0.2, 0) is 9.53 Å². The number of carbonyl (C=O) groups is 1. The number of phenols is 1. The van der Waals surface area contributed by atoms with Gasteiger partial charge in [-0.1, -0.05) is 38.3 Å². The molecule has 0 aliphatic heterocycles. The molecule has 0 aliphatic rings. The van der Waals surface area contributed by atoms with Gasteiger partial charge in [-0.3, -0.25) is 4.79 Å². The van der Waals surface area contributed by atoms with E-state index in [2.05, 4.69) is 6.92 Å². The van der Waals surface area contributed by atoms with Crippen LogP contribution in [0.3, 0.4) is 0 Å². The number of hydrogen-bond acceptors (Lipinski definition) is 3. The summed E-state index contributed by atoms with van der Waals surface area (Å²) < 4.78 is 5.23. The molecule has 0 fully saturated rings. The number of hydrogen-bond donors (Lipinski definition) is 1. The first-order chi connectivity index (χ1) is 8.65. The molecule has 0 amide bonds. The van der Waals surface area contributed by atoms with Crippen molar-refractivity contribution >= 4 is 5.97 Å². The molecule has 0 bridgehead atoms. The summed E-state index contributed by atoms with van der Waals surface area (Å²) in [5, 5.41) is 9.18. The van der Waals surface area contributed by atoms with Crippen LogP contribution in [0.4, 0.5) is 0 Å². The highest BCUT2D eigenvalue weighted by molar-refractivity contribution is 5.77. The lowest BCUT2D eigenvalue weighted by molar-refractivity contribution is -0.145. The standard InChI is InChI=1S/C15H22O3/c1-3-4-5-6-11-18-15(17)12(2)13-7-9-14(16)10-8-13/h7-10,12,16H,3-6,11H2,1-2H3. The van der Waals surface area contributed by atoms with Crippen LogP contribution in [0.25, 0.3) is 0 Å². The number of phenolic OH excluding ortho intramolecular Hbond substituents is 1. The molecule has 0 saturated heterocycles. The Labute approximate surface area is 109 Å². The van der Waals surface area contributed by atoms with Gasteiger partial charge in [-0.25, -0.2) is 0 Å². The Morgan fingerprint density at radius 1 is 1.22 bits per heavy atom. The lowest BCUT2D eigenvalue weighted by atomic mass is 10.0. The molecule has 3 heteroatoms. The Hall–Kier alpha value is -1.51. The zero-order valence-corrected chi connectivity index (χ0v) is 11.2. The molecule has 1 aromatic carbocycles. The van der Waals surface area contributed by atoms with Crippen LogP contribution in [0, 0.1) is 0 Å². The Kier molecular flexibility index (Phi) is 6.26. The smallest absolute Gasteiger partial charge is 0.313 e. The van der Waals surface area contributed by atoms with Crippen LogP contribution in [-0.4, -0.2) is 17.7 Å². The van der Waals surface area contributed by atoms with Gasteiger partial charge in [-0.05, 0) is 31.0 Å². The summed E-state index contributed by atoms with van der Waals surface area (Å²) in [6.07, 6.45) is 4.40. The van der Waals surface area contributed by atoms with Crippen molar-refractivity contribution in [2.45, 2.75) is 45.4 Å². The molecule has 1 N–H and O–H groups in total. The molecule has 0 spiro atoms. The highest BCUT2D eigenvalue weighted by atomic mass is 16.5. The first-order valence-electron chi connectivity index (χ1n) is 6.60. The van der Waals surface area contributed by atoms with Gasteiger partial charge in [0.05, 0.1) is 12.5 Å². The minimum atomic E-state index is -0.281. The van der Waals surface area contributed by atoms with Crippen molar-refractivity contribution in [1.29, 1.82) is 0 Å². The van der Waals surface area contributed by atoms with Gasteiger partial charge in [0.15, 0.2) is 0 Å². The van der Waals surface area contributed by atoms with Gasteiger partial charge in [0, 0.05) is 0 Å². The third-order valence-corrected chi connectivity index (χ3v) is 2.99. The van der Waals surface area contributed by atoms with Gasteiger partial charge in [-0.15, -0.1) is 0 Å². The van der Waals surface area contributed by atoms with Crippen LogP contribution in [0.1, 0.15) is 51.0 Å². The lowest BCUT2D eigenvalue weighted by Crippen LogP contribution is -2.13. The average Bonchev–Trinajstić information content (AvgIpc) is 2.38. The molecular weight excluding hydrogens is 228 g/mol. The number of ether oxygens (including phenoxy) is 1. The van der Waals surface area contributed by atoms with Crippen molar-refractivity contribution in [3.8, 4) is 5.75 Å². The normalized spacial score (nSPS) is 12.1. The molecule has 100 valence electrons. The zero-order chi connectivity index (χ0) is 13.4. The Bertz CT molecular complexity index is 357. The number of unbranched alkanes of at least 4 members (excludes halogenated alkanes) is 3. The van der Waals surface area contributed by atoms with Crippen molar-refractivity contribution < 1.29 is 14.6 Å². The van der Waals surface area contributed by atoms with Crippen molar-refractivity contribution in [2.24, 2.45) is 0 Å². The summed E-state index contributed by atoms with van der Waals surface area (Å²) in [7, 11) is 0. The predicted molar refractivity (Wildman–Crippen MR) is 71.6 cm³/mol. The first kappa shape index (κ1) is 14.6. The maximum Gasteiger partial charge on any atom is 0.313 e.